The lowest BCUT2D eigenvalue weighted by Crippen LogP contribution is -2.47. The first-order valence-corrected chi connectivity index (χ1v) is 13.1. The second-order valence-corrected chi connectivity index (χ2v) is 10.9. The predicted octanol–water partition coefficient (Wildman–Crippen LogP) is 0.988. The molecule has 13 nitrogen and oxygen atoms in total. The first kappa shape index (κ1) is 28.8. The van der Waals surface area contributed by atoms with Gasteiger partial charge in [0.15, 0.2) is 6.23 Å². The normalized spacial score (nSPS) is 26.0. The Labute approximate surface area is 212 Å². The highest BCUT2D eigenvalue weighted by Gasteiger charge is 2.54. The number of nitrogens with one attached hydrogen (secondary N) is 2. The largest absolute Gasteiger partial charge is 0.462 e. The zero-order valence-corrected chi connectivity index (χ0v) is 22.0. The molecule has 1 aromatic carbocycles. The number of aromatic amines is 1. The van der Waals surface area contributed by atoms with Crippen LogP contribution < -0.4 is 20.9 Å². The van der Waals surface area contributed by atoms with E-state index in [1.165, 1.54) is 32.9 Å². The SMILES string of the molecule is Cc1cc(=O)[nH]c(=O)n1C1O[C@H](COP(=O)(N[C@@H](C)C(=O)OC(C)C)Oc2ccccc2)[C@@H](O)[C@@]1(C)O. The van der Waals surface area contributed by atoms with E-state index < -0.39 is 67.8 Å². The fourth-order valence-corrected chi connectivity index (χ4v) is 5.27. The van der Waals surface area contributed by atoms with Crippen molar-refractivity contribution < 1.29 is 38.1 Å². The third kappa shape index (κ3) is 6.75. The molecule has 2 aromatic rings. The van der Waals surface area contributed by atoms with Crippen LogP contribution in [0, 0.1) is 6.92 Å². The van der Waals surface area contributed by atoms with E-state index >= 15 is 0 Å². The zero-order valence-electron chi connectivity index (χ0n) is 21.1. The van der Waals surface area contributed by atoms with Crippen LogP contribution in [0.5, 0.6) is 5.75 Å². The van der Waals surface area contributed by atoms with E-state index in [-0.39, 0.29) is 11.4 Å². The Morgan fingerprint density at radius 3 is 2.51 bits per heavy atom. The summed E-state index contributed by atoms with van der Waals surface area (Å²) in [5.74, 6) is -0.514. The molecule has 3 rings (SSSR count). The number of hydrogen-bond donors (Lipinski definition) is 4. The van der Waals surface area contributed by atoms with Crippen molar-refractivity contribution in [3.8, 4) is 5.75 Å². The number of aliphatic hydroxyl groups is 2. The molecule has 0 aliphatic carbocycles. The molecule has 4 N–H and O–H groups in total. The number of hydrogen-bond acceptors (Lipinski definition) is 10. The number of H-pyrrole nitrogens is 1. The topological polar surface area (TPSA) is 178 Å². The van der Waals surface area contributed by atoms with Gasteiger partial charge in [-0.2, -0.15) is 5.09 Å². The average molecular weight is 541 g/mol. The lowest BCUT2D eigenvalue weighted by Gasteiger charge is -2.28. The van der Waals surface area contributed by atoms with Crippen molar-refractivity contribution >= 4 is 13.7 Å². The van der Waals surface area contributed by atoms with Gasteiger partial charge in [-0.05, 0) is 46.8 Å². The van der Waals surface area contributed by atoms with Crippen LogP contribution in [0.25, 0.3) is 0 Å². The molecule has 0 bridgehead atoms. The quantitative estimate of drug-likeness (QED) is 0.249. The Bertz CT molecular complexity index is 1260. The summed E-state index contributed by atoms with van der Waals surface area (Å²) in [6, 6.07) is 8.12. The number of carbonyl (C=O) groups excluding carboxylic acids is 1. The van der Waals surface area contributed by atoms with Crippen molar-refractivity contribution in [1.82, 2.24) is 14.6 Å². The van der Waals surface area contributed by atoms with Crippen LogP contribution in [0.1, 0.15) is 39.6 Å². The minimum Gasteiger partial charge on any atom is -0.462 e. The molecule has 2 heterocycles. The molecule has 0 radical (unpaired) electrons. The zero-order chi connectivity index (χ0) is 27.5. The van der Waals surface area contributed by atoms with Crippen LogP contribution in [-0.2, 0) is 23.4 Å². The number of aromatic nitrogens is 2. The smallest absolute Gasteiger partial charge is 0.459 e. The van der Waals surface area contributed by atoms with Gasteiger partial charge in [-0.25, -0.2) is 9.36 Å². The average Bonchev–Trinajstić information content (AvgIpc) is 3.01. The number of nitrogens with zero attached hydrogens (tertiary/aromatic N) is 1. The first-order chi connectivity index (χ1) is 17.2. The summed E-state index contributed by atoms with van der Waals surface area (Å²) < 4.78 is 36.6. The molecule has 6 atom stereocenters. The van der Waals surface area contributed by atoms with Crippen LogP contribution in [0.2, 0.25) is 0 Å². The minimum absolute atomic E-state index is 0.177. The predicted molar refractivity (Wildman–Crippen MR) is 131 cm³/mol. The standard InChI is InChI=1S/C23H32N3O10P/c1-13(2)34-20(29)15(4)25-37(32,36-16-9-7-6-8-10-16)33-12-17-19(28)23(5,31)21(35-17)26-14(3)11-18(27)24-22(26)30/h6-11,13,15,17,19,21,28,31H,12H2,1-5H3,(H,25,32)(H,24,27,30)/t15-,17+,19+,21?,23+,37?/m0/s1. The van der Waals surface area contributed by atoms with E-state index in [4.69, 9.17) is 18.5 Å². The second kappa shape index (κ2) is 11.3. The van der Waals surface area contributed by atoms with Crippen LogP contribution >= 0.6 is 7.75 Å². The molecule has 1 aliphatic rings. The van der Waals surface area contributed by atoms with Gasteiger partial charge in [-0.1, -0.05) is 18.2 Å². The Balaban J connectivity index is 1.83. The molecule has 37 heavy (non-hydrogen) atoms. The maximum absolute atomic E-state index is 13.6. The van der Waals surface area contributed by atoms with E-state index in [0.29, 0.717) is 0 Å². The molecule has 204 valence electrons. The van der Waals surface area contributed by atoms with Gasteiger partial charge in [-0.3, -0.25) is 23.7 Å². The molecular weight excluding hydrogens is 509 g/mol. The summed E-state index contributed by atoms with van der Waals surface area (Å²) in [6.45, 7) is 6.91. The Kier molecular flexibility index (Phi) is 8.78. The lowest BCUT2D eigenvalue weighted by molar-refractivity contribution is -0.149. The summed E-state index contributed by atoms with van der Waals surface area (Å²) in [6.07, 6.45) is -4.68. The first-order valence-electron chi connectivity index (χ1n) is 11.6. The Morgan fingerprint density at radius 2 is 1.92 bits per heavy atom. The van der Waals surface area contributed by atoms with Crippen LogP contribution in [-0.4, -0.2) is 62.3 Å². The van der Waals surface area contributed by atoms with Gasteiger partial charge >= 0.3 is 19.4 Å². The van der Waals surface area contributed by atoms with Gasteiger partial charge in [0.25, 0.3) is 5.56 Å². The molecule has 0 saturated carbocycles. The molecule has 1 saturated heterocycles. The number of ether oxygens (including phenoxy) is 2. The van der Waals surface area contributed by atoms with Gasteiger partial charge in [0.05, 0.1) is 12.7 Å². The van der Waals surface area contributed by atoms with Crippen LogP contribution in [0.15, 0.2) is 46.0 Å². The monoisotopic (exact) mass is 541 g/mol. The van der Waals surface area contributed by atoms with E-state index in [9.17, 15) is 29.2 Å². The van der Waals surface area contributed by atoms with Crippen LogP contribution in [0.3, 0.4) is 0 Å². The number of carbonyl (C=O) groups is 1. The van der Waals surface area contributed by atoms with Crippen molar-refractivity contribution in [3.63, 3.8) is 0 Å². The lowest BCUT2D eigenvalue weighted by atomic mass is 9.96. The summed E-state index contributed by atoms with van der Waals surface area (Å²) in [4.78, 5) is 38.4. The van der Waals surface area contributed by atoms with Crippen molar-refractivity contribution in [2.75, 3.05) is 6.61 Å². The molecule has 1 aromatic heterocycles. The fraction of sp³-hybridized carbons (Fsp3) is 0.522. The molecule has 1 aliphatic heterocycles. The van der Waals surface area contributed by atoms with Gasteiger partial charge in [0.2, 0.25) is 0 Å². The molecule has 0 amide bonds. The maximum atomic E-state index is 13.6. The molecule has 2 unspecified atom stereocenters. The number of para-hydroxylation sites is 1. The third-order valence-corrected chi connectivity index (χ3v) is 7.24. The van der Waals surface area contributed by atoms with Crippen molar-refractivity contribution in [2.45, 2.75) is 70.8 Å². The highest BCUT2D eigenvalue weighted by atomic mass is 31.2. The fourth-order valence-electron chi connectivity index (χ4n) is 3.77. The van der Waals surface area contributed by atoms with E-state index in [0.717, 1.165) is 10.6 Å². The van der Waals surface area contributed by atoms with Gasteiger partial charge in [0.1, 0.15) is 29.6 Å². The van der Waals surface area contributed by atoms with Crippen molar-refractivity contribution in [3.05, 3.63) is 62.9 Å². The highest BCUT2D eigenvalue weighted by Crippen LogP contribution is 2.47. The maximum Gasteiger partial charge on any atom is 0.459 e. The Morgan fingerprint density at radius 1 is 1.27 bits per heavy atom. The van der Waals surface area contributed by atoms with E-state index in [1.54, 1.807) is 32.0 Å². The summed E-state index contributed by atoms with van der Waals surface area (Å²) in [7, 11) is -4.27. The molecule has 14 heteroatoms. The Hall–Kier alpha value is -2.80. The van der Waals surface area contributed by atoms with Gasteiger partial charge in [0, 0.05) is 11.8 Å². The second-order valence-electron chi connectivity index (χ2n) is 9.18. The molecule has 0 spiro atoms. The van der Waals surface area contributed by atoms with Gasteiger partial charge < -0.3 is 24.2 Å². The van der Waals surface area contributed by atoms with E-state index in [2.05, 4.69) is 10.1 Å². The van der Waals surface area contributed by atoms with Crippen LogP contribution in [0.4, 0.5) is 0 Å². The third-order valence-electron chi connectivity index (χ3n) is 5.59. The summed E-state index contributed by atoms with van der Waals surface area (Å²) in [5.41, 5.74) is -3.29. The number of aryl methyl sites for hydroxylation is 1. The highest BCUT2D eigenvalue weighted by molar-refractivity contribution is 7.52. The summed E-state index contributed by atoms with van der Waals surface area (Å²) >= 11 is 0. The minimum atomic E-state index is -4.27. The summed E-state index contributed by atoms with van der Waals surface area (Å²) in [5, 5.41) is 24.3. The van der Waals surface area contributed by atoms with E-state index in [1.807, 2.05) is 0 Å². The number of aliphatic hydroxyl groups excluding tert-OH is 1. The molecule has 1 fully saturated rings. The van der Waals surface area contributed by atoms with Crippen molar-refractivity contribution in [2.24, 2.45) is 0 Å². The number of rotatable bonds is 10. The number of benzene rings is 1. The van der Waals surface area contributed by atoms with Crippen molar-refractivity contribution in [1.29, 1.82) is 0 Å². The number of esters is 1. The van der Waals surface area contributed by atoms with Gasteiger partial charge in [-0.15, -0.1) is 0 Å². The molecular formula is C23H32N3O10P.